The Kier molecular flexibility index (Phi) is 4.78. The van der Waals surface area contributed by atoms with Crippen LogP contribution in [0.4, 0.5) is 5.69 Å². The van der Waals surface area contributed by atoms with Crippen molar-refractivity contribution < 1.29 is 4.79 Å². The molecule has 0 saturated carbocycles. The predicted molar refractivity (Wildman–Crippen MR) is 106 cm³/mol. The average Bonchev–Trinajstić information content (AvgIpc) is 2.91. The summed E-state index contributed by atoms with van der Waals surface area (Å²) in [6.45, 7) is 7.53. The van der Waals surface area contributed by atoms with Gasteiger partial charge in [-0.15, -0.1) is 0 Å². The van der Waals surface area contributed by atoms with Crippen LogP contribution in [0, 0.1) is 20.8 Å². The van der Waals surface area contributed by atoms with Crippen molar-refractivity contribution >= 4 is 22.6 Å². The molecule has 142 valence electrons. The lowest BCUT2D eigenvalue weighted by atomic mass is 10.1. The predicted octanol–water partition coefficient (Wildman–Crippen LogP) is 2.09. The van der Waals surface area contributed by atoms with Crippen LogP contribution in [0.2, 0.25) is 0 Å². The van der Waals surface area contributed by atoms with E-state index < -0.39 is 5.69 Å². The Morgan fingerprint density at radius 2 is 1.70 bits per heavy atom. The maximum absolute atomic E-state index is 12.8. The maximum atomic E-state index is 12.8. The molecule has 0 bridgehead atoms. The first-order valence-corrected chi connectivity index (χ1v) is 8.92. The number of amides is 1. The smallest absolute Gasteiger partial charge is 0.332 e. The number of benzene rings is 1. The highest BCUT2D eigenvalue weighted by molar-refractivity contribution is 5.93. The molecular weight excluding hydrogens is 344 g/mol. The molecule has 0 spiro atoms. The molecule has 0 atom stereocenters. The molecule has 1 amide bonds. The van der Waals surface area contributed by atoms with E-state index in [2.05, 4.69) is 5.32 Å². The Bertz CT molecular complexity index is 1140. The first-order valence-electron chi connectivity index (χ1n) is 8.92. The summed E-state index contributed by atoms with van der Waals surface area (Å²) in [7, 11) is 1.78. The third-order valence-corrected chi connectivity index (χ3v) is 5.02. The van der Waals surface area contributed by atoms with Crippen LogP contribution in [0.1, 0.15) is 23.7 Å². The molecule has 2 aromatic heterocycles. The van der Waals surface area contributed by atoms with Crippen LogP contribution in [0.5, 0.6) is 0 Å². The first kappa shape index (κ1) is 18.7. The van der Waals surface area contributed by atoms with Gasteiger partial charge in [-0.3, -0.25) is 18.7 Å². The fraction of sp³-hybridized carbons (Fsp3) is 0.350. The topological polar surface area (TPSA) is 78.0 Å². The molecule has 0 aliphatic carbocycles. The van der Waals surface area contributed by atoms with E-state index in [1.54, 1.807) is 24.6 Å². The first-order chi connectivity index (χ1) is 12.8. The number of aromatic nitrogens is 3. The number of nitrogens with zero attached hydrogens (tertiary/aromatic N) is 3. The van der Waals surface area contributed by atoms with Crippen molar-refractivity contribution in [2.75, 3.05) is 5.32 Å². The van der Waals surface area contributed by atoms with E-state index >= 15 is 0 Å². The fourth-order valence-electron chi connectivity index (χ4n) is 3.40. The zero-order chi connectivity index (χ0) is 19.9. The SMILES string of the molecule is CCn1c(=O)c2c(cc(C)n2C)n(CC(=O)Nc2c(C)cccc2C)c1=O. The van der Waals surface area contributed by atoms with E-state index in [4.69, 9.17) is 0 Å². The number of hydrogen-bond donors (Lipinski definition) is 1. The second-order valence-corrected chi connectivity index (χ2v) is 6.81. The van der Waals surface area contributed by atoms with Gasteiger partial charge in [-0.1, -0.05) is 18.2 Å². The molecule has 1 aromatic carbocycles. The Morgan fingerprint density at radius 1 is 1.07 bits per heavy atom. The van der Waals surface area contributed by atoms with Gasteiger partial charge in [0.25, 0.3) is 5.56 Å². The van der Waals surface area contributed by atoms with Crippen molar-refractivity contribution in [3.05, 3.63) is 61.9 Å². The van der Waals surface area contributed by atoms with Gasteiger partial charge in [-0.2, -0.15) is 0 Å². The number of para-hydroxylation sites is 1. The van der Waals surface area contributed by atoms with Crippen molar-refractivity contribution in [3.63, 3.8) is 0 Å². The van der Waals surface area contributed by atoms with Gasteiger partial charge in [0.2, 0.25) is 5.91 Å². The summed E-state index contributed by atoms with van der Waals surface area (Å²) in [5, 5.41) is 2.90. The maximum Gasteiger partial charge on any atom is 0.332 e. The molecular formula is C20H24N4O3. The van der Waals surface area contributed by atoms with E-state index in [0.29, 0.717) is 11.0 Å². The molecule has 2 heterocycles. The van der Waals surface area contributed by atoms with Crippen molar-refractivity contribution in [2.24, 2.45) is 7.05 Å². The minimum Gasteiger partial charge on any atom is -0.342 e. The monoisotopic (exact) mass is 368 g/mol. The standard InChI is InChI=1S/C20H24N4O3/c1-6-23-19(26)18-15(10-14(4)22(18)5)24(20(23)27)11-16(25)21-17-12(2)8-7-9-13(17)3/h7-10H,6,11H2,1-5H3,(H,21,25). The zero-order valence-electron chi connectivity index (χ0n) is 16.3. The average molecular weight is 368 g/mol. The largest absolute Gasteiger partial charge is 0.342 e. The molecule has 0 saturated heterocycles. The van der Waals surface area contributed by atoms with Crippen LogP contribution < -0.4 is 16.6 Å². The zero-order valence-corrected chi connectivity index (χ0v) is 16.3. The van der Waals surface area contributed by atoms with Gasteiger partial charge < -0.3 is 9.88 Å². The van der Waals surface area contributed by atoms with Crippen LogP contribution >= 0.6 is 0 Å². The van der Waals surface area contributed by atoms with Crippen LogP contribution in [0.15, 0.2) is 33.9 Å². The number of aryl methyl sites for hydroxylation is 4. The molecule has 7 nitrogen and oxygen atoms in total. The second-order valence-electron chi connectivity index (χ2n) is 6.81. The molecule has 3 aromatic rings. The van der Waals surface area contributed by atoms with Gasteiger partial charge in [0.1, 0.15) is 12.1 Å². The third-order valence-electron chi connectivity index (χ3n) is 5.02. The number of nitrogens with one attached hydrogen (secondary N) is 1. The van der Waals surface area contributed by atoms with Crippen molar-refractivity contribution in [1.82, 2.24) is 13.7 Å². The fourth-order valence-corrected chi connectivity index (χ4v) is 3.40. The quantitative estimate of drug-likeness (QED) is 0.766. The Hall–Kier alpha value is -3.09. The summed E-state index contributed by atoms with van der Waals surface area (Å²) in [5.74, 6) is -0.307. The number of fused-ring (bicyclic) bond motifs is 1. The van der Waals surface area contributed by atoms with Gasteiger partial charge in [0.15, 0.2) is 0 Å². The molecule has 7 heteroatoms. The van der Waals surface area contributed by atoms with Crippen LogP contribution in [0.25, 0.3) is 11.0 Å². The Labute approximate surface area is 156 Å². The highest BCUT2D eigenvalue weighted by Crippen LogP contribution is 2.19. The lowest BCUT2D eigenvalue weighted by Gasteiger charge is -2.14. The molecule has 0 fully saturated rings. The molecule has 0 aliphatic heterocycles. The summed E-state index contributed by atoms with van der Waals surface area (Å²) >= 11 is 0. The number of hydrogen-bond acceptors (Lipinski definition) is 3. The third kappa shape index (κ3) is 3.09. The second kappa shape index (κ2) is 6.90. The van der Waals surface area contributed by atoms with Gasteiger partial charge in [0, 0.05) is 25.0 Å². The van der Waals surface area contributed by atoms with Gasteiger partial charge in [-0.25, -0.2) is 4.79 Å². The van der Waals surface area contributed by atoms with E-state index in [1.807, 2.05) is 39.0 Å². The van der Waals surface area contributed by atoms with E-state index in [0.717, 1.165) is 27.1 Å². The molecule has 3 rings (SSSR count). The summed E-state index contributed by atoms with van der Waals surface area (Å²) in [4.78, 5) is 38.2. The van der Waals surface area contributed by atoms with E-state index in [9.17, 15) is 14.4 Å². The lowest BCUT2D eigenvalue weighted by molar-refractivity contribution is -0.116. The molecule has 0 aliphatic rings. The van der Waals surface area contributed by atoms with Crippen LogP contribution in [-0.2, 0) is 24.9 Å². The summed E-state index contributed by atoms with van der Waals surface area (Å²) in [6, 6.07) is 7.54. The molecule has 0 unspecified atom stereocenters. The lowest BCUT2D eigenvalue weighted by Crippen LogP contribution is -2.41. The molecule has 27 heavy (non-hydrogen) atoms. The molecule has 1 N–H and O–H groups in total. The number of carbonyl (C=O) groups is 1. The van der Waals surface area contributed by atoms with Gasteiger partial charge in [-0.05, 0) is 44.9 Å². The van der Waals surface area contributed by atoms with E-state index in [-0.39, 0.29) is 24.6 Å². The summed E-state index contributed by atoms with van der Waals surface area (Å²) in [6.07, 6.45) is 0. The van der Waals surface area contributed by atoms with Crippen molar-refractivity contribution in [3.8, 4) is 0 Å². The van der Waals surface area contributed by atoms with Crippen molar-refractivity contribution in [2.45, 2.75) is 40.8 Å². The van der Waals surface area contributed by atoms with Crippen LogP contribution in [0.3, 0.4) is 0 Å². The number of rotatable bonds is 4. The highest BCUT2D eigenvalue weighted by atomic mass is 16.2. The van der Waals surface area contributed by atoms with Crippen LogP contribution in [-0.4, -0.2) is 19.6 Å². The number of carbonyl (C=O) groups excluding carboxylic acids is 1. The Balaban J connectivity index is 2.09. The summed E-state index contributed by atoms with van der Waals surface area (Å²) < 4.78 is 4.29. The minimum absolute atomic E-state index is 0.160. The summed E-state index contributed by atoms with van der Waals surface area (Å²) in [5.41, 5.74) is 3.60. The Morgan fingerprint density at radius 3 is 2.30 bits per heavy atom. The minimum atomic E-state index is -0.475. The van der Waals surface area contributed by atoms with Gasteiger partial charge in [0.05, 0.1) is 5.52 Å². The molecule has 0 radical (unpaired) electrons. The van der Waals surface area contributed by atoms with Crippen molar-refractivity contribution in [1.29, 1.82) is 0 Å². The number of anilines is 1. The van der Waals surface area contributed by atoms with Gasteiger partial charge >= 0.3 is 5.69 Å². The van der Waals surface area contributed by atoms with E-state index in [1.165, 1.54) is 4.57 Å². The normalized spacial score (nSPS) is 11.1. The highest BCUT2D eigenvalue weighted by Gasteiger charge is 2.18.